The largest absolute Gasteiger partial charge is 0.353 e. The Labute approximate surface area is 154 Å². The molecule has 6 nitrogen and oxygen atoms in total. The number of piperazine rings is 1. The van der Waals surface area contributed by atoms with Crippen molar-refractivity contribution in [3.63, 3.8) is 0 Å². The van der Waals surface area contributed by atoms with Crippen molar-refractivity contribution in [2.24, 2.45) is 0 Å². The fraction of sp³-hybridized carbons (Fsp3) is 0.350. The second-order valence-electron chi connectivity index (χ2n) is 6.88. The quantitative estimate of drug-likeness (QED) is 0.722. The van der Waals surface area contributed by atoms with Crippen LogP contribution in [-0.4, -0.2) is 60.1 Å². The molecule has 1 aromatic carbocycles. The molecule has 1 fully saturated rings. The molecule has 2 aromatic heterocycles. The number of fused-ring (bicyclic) bond motifs is 1. The number of hydrogen-bond donors (Lipinski definition) is 0. The lowest BCUT2D eigenvalue weighted by Crippen LogP contribution is -2.47. The highest BCUT2D eigenvalue weighted by Gasteiger charge is 2.21. The molecule has 3 heterocycles. The smallest absolute Gasteiger partial charge is 0.145 e. The van der Waals surface area contributed by atoms with Crippen LogP contribution in [0.2, 0.25) is 0 Å². The molecule has 1 saturated heterocycles. The molecule has 4 rings (SSSR count). The second-order valence-corrected chi connectivity index (χ2v) is 6.88. The van der Waals surface area contributed by atoms with E-state index in [-0.39, 0.29) is 0 Å². The summed E-state index contributed by atoms with van der Waals surface area (Å²) >= 11 is 0. The Morgan fingerprint density at radius 2 is 1.62 bits per heavy atom. The molecular formula is C20H24N6. The maximum absolute atomic E-state index is 4.90. The standard InChI is InChI=1S/C20H24N6/c1-24(2)15-18-22-17-8-4-3-7-16(17)20(23-18)26-13-11-25(12-14-26)19-9-5-6-10-21-19/h3-10H,11-15H2,1-2H3. The van der Waals surface area contributed by atoms with Crippen LogP contribution >= 0.6 is 0 Å². The van der Waals surface area contributed by atoms with Gasteiger partial charge in [-0.3, -0.25) is 0 Å². The van der Waals surface area contributed by atoms with Crippen LogP contribution in [0.3, 0.4) is 0 Å². The summed E-state index contributed by atoms with van der Waals surface area (Å²) in [5.41, 5.74) is 1.02. The number of para-hydroxylation sites is 1. The summed E-state index contributed by atoms with van der Waals surface area (Å²) in [6.45, 7) is 4.49. The molecule has 0 unspecified atom stereocenters. The molecule has 1 aliphatic rings. The predicted octanol–water partition coefficient (Wildman–Crippen LogP) is 2.41. The summed E-state index contributed by atoms with van der Waals surface area (Å²) in [6.07, 6.45) is 1.85. The molecule has 0 atom stereocenters. The summed E-state index contributed by atoms with van der Waals surface area (Å²) in [5.74, 6) is 2.97. The van der Waals surface area contributed by atoms with Crippen LogP contribution in [0.15, 0.2) is 48.7 Å². The summed E-state index contributed by atoms with van der Waals surface area (Å²) < 4.78 is 0. The number of rotatable bonds is 4. The average molecular weight is 348 g/mol. The van der Waals surface area contributed by atoms with Gasteiger partial charge >= 0.3 is 0 Å². The van der Waals surface area contributed by atoms with Crippen molar-refractivity contribution in [3.05, 3.63) is 54.5 Å². The highest BCUT2D eigenvalue weighted by atomic mass is 15.3. The van der Waals surface area contributed by atoms with E-state index < -0.39 is 0 Å². The molecule has 134 valence electrons. The summed E-state index contributed by atoms with van der Waals surface area (Å²) in [5, 5.41) is 1.13. The van der Waals surface area contributed by atoms with Crippen molar-refractivity contribution in [3.8, 4) is 0 Å². The maximum Gasteiger partial charge on any atom is 0.145 e. The first-order valence-corrected chi connectivity index (χ1v) is 9.02. The Hall–Kier alpha value is -2.73. The molecule has 0 bridgehead atoms. The lowest BCUT2D eigenvalue weighted by Gasteiger charge is -2.36. The molecule has 26 heavy (non-hydrogen) atoms. The number of hydrogen-bond acceptors (Lipinski definition) is 6. The molecule has 0 amide bonds. The topological polar surface area (TPSA) is 48.4 Å². The van der Waals surface area contributed by atoms with E-state index in [0.29, 0.717) is 0 Å². The first-order chi connectivity index (χ1) is 12.7. The third kappa shape index (κ3) is 3.46. The lowest BCUT2D eigenvalue weighted by molar-refractivity contribution is 0.391. The van der Waals surface area contributed by atoms with Crippen LogP contribution in [0.4, 0.5) is 11.6 Å². The Morgan fingerprint density at radius 3 is 2.35 bits per heavy atom. The Morgan fingerprint density at radius 1 is 0.885 bits per heavy atom. The van der Waals surface area contributed by atoms with Crippen LogP contribution in [0, 0.1) is 0 Å². The molecule has 0 saturated carbocycles. The minimum atomic E-state index is 0.742. The van der Waals surface area contributed by atoms with Crippen molar-refractivity contribution < 1.29 is 0 Å². The molecule has 6 heteroatoms. The molecule has 1 aliphatic heterocycles. The van der Waals surface area contributed by atoms with E-state index in [9.17, 15) is 0 Å². The van der Waals surface area contributed by atoms with E-state index in [4.69, 9.17) is 9.97 Å². The van der Waals surface area contributed by atoms with Gasteiger partial charge in [-0.15, -0.1) is 0 Å². The molecule has 0 radical (unpaired) electrons. The molecule has 0 aliphatic carbocycles. The van der Waals surface area contributed by atoms with E-state index >= 15 is 0 Å². The minimum absolute atomic E-state index is 0.742. The molecular weight excluding hydrogens is 324 g/mol. The van der Waals surface area contributed by atoms with Gasteiger partial charge < -0.3 is 14.7 Å². The van der Waals surface area contributed by atoms with Gasteiger partial charge in [0.2, 0.25) is 0 Å². The highest BCUT2D eigenvalue weighted by Crippen LogP contribution is 2.26. The van der Waals surface area contributed by atoms with Crippen molar-refractivity contribution in [1.82, 2.24) is 19.9 Å². The van der Waals surface area contributed by atoms with Gasteiger partial charge in [0.1, 0.15) is 17.5 Å². The van der Waals surface area contributed by atoms with Crippen molar-refractivity contribution in [1.29, 1.82) is 0 Å². The van der Waals surface area contributed by atoms with Gasteiger partial charge in [0.15, 0.2) is 0 Å². The van der Waals surface area contributed by atoms with Crippen LogP contribution in [0.1, 0.15) is 5.82 Å². The monoisotopic (exact) mass is 348 g/mol. The van der Waals surface area contributed by atoms with Gasteiger partial charge in [-0.25, -0.2) is 15.0 Å². The number of pyridine rings is 1. The van der Waals surface area contributed by atoms with Gasteiger partial charge in [0.05, 0.1) is 12.1 Å². The maximum atomic E-state index is 4.90. The van der Waals surface area contributed by atoms with Crippen molar-refractivity contribution in [2.45, 2.75) is 6.54 Å². The van der Waals surface area contributed by atoms with Gasteiger partial charge in [0, 0.05) is 37.8 Å². The van der Waals surface area contributed by atoms with Gasteiger partial charge in [-0.2, -0.15) is 0 Å². The zero-order valence-corrected chi connectivity index (χ0v) is 15.3. The highest BCUT2D eigenvalue weighted by molar-refractivity contribution is 5.89. The number of aromatic nitrogens is 3. The van der Waals surface area contributed by atoms with Crippen molar-refractivity contribution >= 4 is 22.5 Å². The van der Waals surface area contributed by atoms with Crippen LogP contribution in [-0.2, 0) is 6.54 Å². The summed E-state index contributed by atoms with van der Waals surface area (Å²) in [6, 6.07) is 14.4. The van der Waals surface area contributed by atoms with E-state index in [1.165, 1.54) is 0 Å². The number of benzene rings is 1. The summed E-state index contributed by atoms with van der Waals surface area (Å²) in [7, 11) is 4.09. The van der Waals surface area contributed by atoms with Gasteiger partial charge in [-0.1, -0.05) is 18.2 Å². The van der Waals surface area contributed by atoms with Crippen LogP contribution in [0.25, 0.3) is 10.9 Å². The first kappa shape index (κ1) is 16.7. The summed E-state index contributed by atoms with van der Waals surface area (Å²) in [4.78, 5) is 20.9. The first-order valence-electron chi connectivity index (χ1n) is 9.02. The van der Waals surface area contributed by atoms with E-state index in [1.54, 1.807) is 0 Å². The second kappa shape index (κ2) is 7.25. The number of anilines is 2. The fourth-order valence-electron chi connectivity index (χ4n) is 3.39. The van der Waals surface area contributed by atoms with Crippen LogP contribution < -0.4 is 9.80 Å². The normalized spacial score (nSPS) is 15.0. The lowest BCUT2D eigenvalue weighted by atomic mass is 10.2. The Balaban J connectivity index is 1.60. The third-order valence-corrected chi connectivity index (χ3v) is 4.64. The minimum Gasteiger partial charge on any atom is -0.353 e. The fourth-order valence-corrected chi connectivity index (χ4v) is 3.39. The van der Waals surface area contributed by atoms with Gasteiger partial charge in [-0.05, 0) is 38.4 Å². The Bertz CT molecular complexity index is 872. The van der Waals surface area contributed by atoms with E-state index in [0.717, 1.165) is 61.1 Å². The predicted molar refractivity (Wildman–Crippen MR) is 106 cm³/mol. The molecule has 3 aromatic rings. The van der Waals surface area contributed by atoms with E-state index in [1.807, 2.05) is 38.5 Å². The molecule has 0 spiro atoms. The SMILES string of the molecule is CN(C)Cc1nc(N2CCN(c3ccccn3)CC2)c2ccccc2n1. The third-order valence-electron chi connectivity index (χ3n) is 4.64. The Kier molecular flexibility index (Phi) is 4.67. The average Bonchev–Trinajstić information content (AvgIpc) is 2.68. The zero-order chi connectivity index (χ0) is 17.9. The van der Waals surface area contributed by atoms with Gasteiger partial charge in [0.25, 0.3) is 0 Å². The van der Waals surface area contributed by atoms with E-state index in [2.05, 4.69) is 43.9 Å². The van der Waals surface area contributed by atoms with Crippen LogP contribution in [0.5, 0.6) is 0 Å². The van der Waals surface area contributed by atoms with Crippen molar-refractivity contribution in [2.75, 3.05) is 50.1 Å². The molecule has 0 N–H and O–H groups in total. The zero-order valence-electron chi connectivity index (χ0n) is 15.3. The number of nitrogens with zero attached hydrogens (tertiary/aromatic N) is 6.